The molecule has 0 saturated carbocycles. The van der Waals surface area contributed by atoms with Crippen LogP contribution in [-0.4, -0.2) is 54.8 Å². The van der Waals surface area contributed by atoms with Crippen LogP contribution in [0, 0.1) is 11.8 Å². The molecule has 2 atom stereocenters. The highest BCUT2D eigenvalue weighted by atomic mass is 16.5. The molecule has 1 saturated heterocycles. The van der Waals surface area contributed by atoms with Crippen molar-refractivity contribution in [1.82, 2.24) is 9.80 Å². The lowest BCUT2D eigenvalue weighted by Crippen LogP contribution is -2.41. The molecule has 0 unspecified atom stereocenters. The van der Waals surface area contributed by atoms with Crippen molar-refractivity contribution in [3.8, 4) is 11.5 Å². The van der Waals surface area contributed by atoms with Crippen molar-refractivity contribution < 1.29 is 23.9 Å². The van der Waals surface area contributed by atoms with Gasteiger partial charge in [-0.1, -0.05) is 18.2 Å². The first kappa shape index (κ1) is 19.9. The number of benzene rings is 1. The zero-order valence-electron chi connectivity index (χ0n) is 16.5. The van der Waals surface area contributed by atoms with E-state index in [-0.39, 0.29) is 36.1 Å². The second-order valence-electron chi connectivity index (χ2n) is 7.09. The van der Waals surface area contributed by atoms with Crippen LogP contribution in [0.1, 0.15) is 25.3 Å². The maximum atomic E-state index is 12.6. The van der Waals surface area contributed by atoms with Crippen molar-refractivity contribution in [2.75, 3.05) is 27.3 Å². The number of nitrogens with zero attached hydrogens (tertiary/aromatic N) is 2. The predicted octanol–water partition coefficient (Wildman–Crippen LogP) is 2.00. The molecule has 0 aromatic heterocycles. The van der Waals surface area contributed by atoms with Gasteiger partial charge in [-0.2, -0.15) is 0 Å². The number of fused-ring (bicyclic) bond motifs is 1. The number of methoxy groups -OCH3 is 1. The van der Waals surface area contributed by atoms with E-state index in [1.165, 1.54) is 4.90 Å². The minimum atomic E-state index is -0.314. The number of ether oxygens (including phenoxy) is 2. The molecule has 3 rings (SSSR count). The fourth-order valence-electron chi connectivity index (χ4n) is 3.73. The average Bonchev–Trinajstić information content (AvgIpc) is 2.94. The molecule has 28 heavy (non-hydrogen) atoms. The lowest BCUT2D eigenvalue weighted by atomic mass is 9.85. The van der Waals surface area contributed by atoms with E-state index in [9.17, 15) is 14.4 Å². The first-order chi connectivity index (χ1) is 13.5. The number of carbonyl (C=O) groups excluding carboxylic acids is 3. The minimum Gasteiger partial charge on any atom is -0.493 e. The van der Waals surface area contributed by atoms with Crippen molar-refractivity contribution in [3.63, 3.8) is 0 Å². The molecular weight excluding hydrogens is 360 g/mol. The molecule has 3 amide bonds. The second kappa shape index (κ2) is 8.46. The van der Waals surface area contributed by atoms with Crippen molar-refractivity contribution >= 4 is 17.7 Å². The Morgan fingerprint density at radius 3 is 2.36 bits per heavy atom. The van der Waals surface area contributed by atoms with Gasteiger partial charge in [-0.3, -0.25) is 19.3 Å². The van der Waals surface area contributed by atoms with Gasteiger partial charge >= 0.3 is 0 Å². The van der Waals surface area contributed by atoms with Crippen molar-refractivity contribution in [2.45, 2.75) is 26.3 Å². The molecule has 2 aliphatic rings. The summed E-state index contributed by atoms with van der Waals surface area (Å²) in [5.74, 6) is -0.125. The molecule has 1 aromatic rings. The minimum absolute atomic E-state index is 0.213. The number of hydrogen-bond acceptors (Lipinski definition) is 5. The number of likely N-dealkylation sites (tertiary alicyclic amines) is 1. The molecule has 7 nitrogen and oxygen atoms in total. The SMILES string of the molecule is CCOc1ccc(CN(C)C(=O)CN2C(=O)[C@H]3CC=CC[C@H]3C2=O)cc1OC. The van der Waals surface area contributed by atoms with Gasteiger partial charge in [-0.15, -0.1) is 0 Å². The number of allylic oxidation sites excluding steroid dienone is 2. The quantitative estimate of drug-likeness (QED) is 0.529. The lowest BCUT2D eigenvalue weighted by Gasteiger charge is -2.21. The number of imide groups is 1. The van der Waals surface area contributed by atoms with Crippen LogP contribution in [0.2, 0.25) is 0 Å². The number of amides is 3. The Morgan fingerprint density at radius 2 is 1.79 bits per heavy atom. The maximum Gasteiger partial charge on any atom is 0.242 e. The molecular formula is C21H26N2O5. The fourth-order valence-corrected chi connectivity index (χ4v) is 3.73. The third-order valence-electron chi connectivity index (χ3n) is 5.27. The summed E-state index contributed by atoms with van der Waals surface area (Å²) in [6.45, 7) is 2.55. The molecule has 1 fully saturated rings. The van der Waals surface area contributed by atoms with E-state index in [0.29, 0.717) is 37.5 Å². The van der Waals surface area contributed by atoms with Gasteiger partial charge in [0, 0.05) is 13.6 Å². The molecule has 1 heterocycles. The first-order valence-electron chi connectivity index (χ1n) is 9.50. The van der Waals surface area contributed by atoms with Crippen LogP contribution in [0.25, 0.3) is 0 Å². The van der Waals surface area contributed by atoms with Crippen molar-refractivity contribution in [2.24, 2.45) is 11.8 Å². The summed E-state index contributed by atoms with van der Waals surface area (Å²) in [5, 5.41) is 0. The fraction of sp³-hybridized carbons (Fsp3) is 0.476. The van der Waals surface area contributed by atoms with Crippen molar-refractivity contribution in [1.29, 1.82) is 0 Å². The van der Waals surface area contributed by atoms with Gasteiger partial charge in [0.1, 0.15) is 6.54 Å². The molecule has 0 N–H and O–H groups in total. The Labute approximate surface area is 164 Å². The third kappa shape index (κ3) is 3.88. The van der Waals surface area contributed by atoms with Gasteiger partial charge in [-0.05, 0) is 37.5 Å². The number of likely N-dealkylation sites (N-methyl/N-ethyl adjacent to an activating group) is 1. The second-order valence-corrected chi connectivity index (χ2v) is 7.09. The largest absolute Gasteiger partial charge is 0.493 e. The van der Waals surface area contributed by atoms with Crippen LogP contribution >= 0.6 is 0 Å². The van der Waals surface area contributed by atoms with Gasteiger partial charge in [0.05, 0.1) is 25.6 Å². The molecule has 150 valence electrons. The Kier molecular flexibility index (Phi) is 6.02. The lowest BCUT2D eigenvalue weighted by molar-refractivity contribution is -0.146. The number of carbonyl (C=O) groups is 3. The standard InChI is InChI=1S/C21H26N2O5/c1-4-28-17-10-9-14(11-18(17)27-3)12-22(2)19(24)13-23-20(25)15-7-5-6-8-16(15)21(23)26/h5-6,9-11,15-16H,4,7-8,12-13H2,1-3H3/t15-,16+. The number of rotatable bonds is 7. The molecule has 0 radical (unpaired) electrons. The van der Waals surface area contributed by atoms with Gasteiger partial charge in [-0.25, -0.2) is 0 Å². The molecule has 1 aliphatic heterocycles. The third-order valence-corrected chi connectivity index (χ3v) is 5.27. The van der Waals surface area contributed by atoms with Gasteiger partial charge in [0.15, 0.2) is 11.5 Å². The van der Waals surface area contributed by atoms with Crippen LogP contribution in [0.15, 0.2) is 30.4 Å². The highest BCUT2D eigenvalue weighted by Crippen LogP contribution is 2.35. The van der Waals surface area contributed by atoms with E-state index in [2.05, 4.69) is 0 Å². The van der Waals surface area contributed by atoms with E-state index < -0.39 is 0 Å². The summed E-state index contributed by atoms with van der Waals surface area (Å²) >= 11 is 0. The summed E-state index contributed by atoms with van der Waals surface area (Å²) in [6.07, 6.45) is 5.01. The summed E-state index contributed by atoms with van der Waals surface area (Å²) < 4.78 is 10.8. The summed E-state index contributed by atoms with van der Waals surface area (Å²) in [6, 6.07) is 5.49. The van der Waals surface area contributed by atoms with Crippen molar-refractivity contribution in [3.05, 3.63) is 35.9 Å². The molecule has 0 spiro atoms. The highest BCUT2D eigenvalue weighted by Gasteiger charge is 2.47. The maximum absolute atomic E-state index is 12.6. The van der Waals surface area contributed by atoms with Crippen LogP contribution in [0.4, 0.5) is 0 Å². The predicted molar refractivity (Wildman–Crippen MR) is 103 cm³/mol. The van der Waals surface area contributed by atoms with Crippen LogP contribution in [-0.2, 0) is 20.9 Å². The molecule has 7 heteroatoms. The zero-order valence-corrected chi connectivity index (χ0v) is 16.5. The van der Waals surface area contributed by atoms with E-state index >= 15 is 0 Å². The monoisotopic (exact) mass is 386 g/mol. The van der Waals surface area contributed by atoms with E-state index in [4.69, 9.17) is 9.47 Å². The molecule has 1 aromatic carbocycles. The van der Waals surface area contributed by atoms with Gasteiger partial charge in [0.25, 0.3) is 0 Å². The Morgan fingerprint density at radius 1 is 1.14 bits per heavy atom. The zero-order chi connectivity index (χ0) is 20.3. The number of hydrogen-bond donors (Lipinski definition) is 0. The topological polar surface area (TPSA) is 76.2 Å². The average molecular weight is 386 g/mol. The molecule has 1 aliphatic carbocycles. The van der Waals surface area contributed by atoms with E-state index in [1.807, 2.05) is 31.2 Å². The summed E-state index contributed by atoms with van der Waals surface area (Å²) in [4.78, 5) is 40.3. The Hall–Kier alpha value is -2.83. The first-order valence-corrected chi connectivity index (χ1v) is 9.50. The summed E-state index contributed by atoms with van der Waals surface area (Å²) in [5.41, 5.74) is 0.869. The summed E-state index contributed by atoms with van der Waals surface area (Å²) in [7, 11) is 3.22. The normalized spacial score (nSPS) is 20.9. The Balaban J connectivity index is 1.64. The van der Waals surface area contributed by atoms with Gasteiger partial charge < -0.3 is 14.4 Å². The van der Waals surface area contributed by atoms with Crippen LogP contribution in [0.5, 0.6) is 11.5 Å². The van der Waals surface area contributed by atoms with Crippen LogP contribution in [0.3, 0.4) is 0 Å². The van der Waals surface area contributed by atoms with Gasteiger partial charge in [0.2, 0.25) is 17.7 Å². The van der Waals surface area contributed by atoms with Crippen LogP contribution < -0.4 is 9.47 Å². The van der Waals surface area contributed by atoms with E-state index in [1.54, 1.807) is 20.2 Å². The smallest absolute Gasteiger partial charge is 0.242 e. The highest BCUT2D eigenvalue weighted by molar-refractivity contribution is 6.07. The Bertz CT molecular complexity index is 778. The molecule has 0 bridgehead atoms. The van der Waals surface area contributed by atoms with E-state index in [0.717, 1.165) is 10.5 Å².